The first-order valence-corrected chi connectivity index (χ1v) is 13.1. The predicted octanol–water partition coefficient (Wildman–Crippen LogP) is 5.15. The molecule has 37 heavy (non-hydrogen) atoms. The van der Waals surface area contributed by atoms with Gasteiger partial charge in [0.15, 0.2) is 0 Å². The fourth-order valence-electron chi connectivity index (χ4n) is 5.57. The summed E-state index contributed by atoms with van der Waals surface area (Å²) in [5, 5.41) is 0. The van der Waals surface area contributed by atoms with Crippen LogP contribution in [0, 0.1) is 12.8 Å². The third-order valence-electron chi connectivity index (χ3n) is 7.63. The SMILES string of the molecule is CCCN(Cc1ccc(C)c(OC)c1)C1CCC(C(=O)N2CCN(c3cc(C(F)(F)F)ccn3)CC2)C1. The number of methoxy groups -OCH3 is 1. The maximum absolute atomic E-state index is 13.3. The van der Waals surface area contributed by atoms with E-state index in [4.69, 9.17) is 4.74 Å². The Bertz CT molecular complexity index is 1070. The summed E-state index contributed by atoms with van der Waals surface area (Å²) in [5.41, 5.74) is 1.63. The smallest absolute Gasteiger partial charge is 0.416 e. The van der Waals surface area contributed by atoms with Gasteiger partial charge in [-0.3, -0.25) is 9.69 Å². The fourth-order valence-corrected chi connectivity index (χ4v) is 5.57. The van der Waals surface area contributed by atoms with E-state index in [0.29, 0.717) is 38.0 Å². The minimum Gasteiger partial charge on any atom is -0.496 e. The van der Waals surface area contributed by atoms with E-state index in [9.17, 15) is 18.0 Å². The molecule has 6 nitrogen and oxygen atoms in total. The summed E-state index contributed by atoms with van der Waals surface area (Å²) >= 11 is 0. The van der Waals surface area contributed by atoms with Crippen LogP contribution in [0.15, 0.2) is 36.5 Å². The van der Waals surface area contributed by atoms with Crippen LogP contribution in [0.1, 0.15) is 49.3 Å². The Morgan fingerprint density at radius 2 is 1.89 bits per heavy atom. The second-order valence-corrected chi connectivity index (χ2v) is 10.2. The molecule has 1 aliphatic heterocycles. The van der Waals surface area contributed by atoms with Crippen LogP contribution in [0.3, 0.4) is 0 Å². The average molecular weight is 519 g/mol. The lowest BCUT2D eigenvalue weighted by Gasteiger charge is -2.37. The van der Waals surface area contributed by atoms with Crippen molar-refractivity contribution in [3.05, 3.63) is 53.2 Å². The quantitative estimate of drug-likeness (QED) is 0.484. The molecule has 0 radical (unpaired) electrons. The number of piperazine rings is 1. The molecule has 2 heterocycles. The summed E-state index contributed by atoms with van der Waals surface area (Å²) in [6.07, 6.45) is 0.555. The van der Waals surface area contributed by atoms with Crippen LogP contribution in [0.25, 0.3) is 0 Å². The molecule has 2 unspecified atom stereocenters. The van der Waals surface area contributed by atoms with Gasteiger partial charge in [-0.2, -0.15) is 13.2 Å². The van der Waals surface area contributed by atoms with Crippen molar-refractivity contribution in [3.63, 3.8) is 0 Å². The van der Waals surface area contributed by atoms with Crippen LogP contribution in [0.2, 0.25) is 0 Å². The monoisotopic (exact) mass is 518 g/mol. The van der Waals surface area contributed by atoms with Crippen LogP contribution in [-0.4, -0.2) is 66.6 Å². The van der Waals surface area contributed by atoms with Crippen molar-refractivity contribution >= 4 is 11.7 Å². The third kappa shape index (κ3) is 6.55. The molecule has 0 bridgehead atoms. The molecule has 0 N–H and O–H groups in total. The van der Waals surface area contributed by atoms with Crippen LogP contribution in [0.4, 0.5) is 19.0 Å². The molecule has 2 atom stereocenters. The number of carbonyl (C=O) groups excluding carboxylic acids is 1. The van der Waals surface area contributed by atoms with E-state index < -0.39 is 11.7 Å². The number of carbonyl (C=O) groups is 1. The Hall–Kier alpha value is -2.81. The summed E-state index contributed by atoms with van der Waals surface area (Å²) < 4.78 is 44.7. The zero-order chi connectivity index (χ0) is 26.6. The number of alkyl halides is 3. The van der Waals surface area contributed by atoms with E-state index in [1.165, 1.54) is 11.8 Å². The van der Waals surface area contributed by atoms with Gasteiger partial charge in [-0.15, -0.1) is 0 Å². The Balaban J connectivity index is 1.33. The highest BCUT2D eigenvalue weighted by Crippen LogP contribution is 2.34. The van der Waals surface area contributed by atoms with E-state index in [1.54, 1.807) is 7.11 Å². The number of amides is 1. The molecule has 202 valence electrons. The predicted molar refractivity (Wildman–Crippen MR) is 138 cm³/mol. The van der Waals surface area contributed by atoms with Gasteiger partial charge in [0.2, 0.25) is 5.91 Å². The van der Waals surface area contributed by atoms with Gasteiger partial charge in [0.1, 0.15) is 11.6 Å². The van der Waals surface area contributed by atoms with Gasteiger partial charge in [0.25, 0.3) is 0 Å². The summed E-state index contributed by atoms with van der Waals surface area (Å²) in [4.78, 5) is 23.7. The number of hydrogen-bond donors (Lipinski definition) is 0. The Kier molecular flexibility index (Phi) is 8.62. The minimum absolute atomic E-state index is 0.00450. The molecule has 2 aliphatic rings. The van der Waals surface area contributed by atoms with Gasteiger partial charge in [0, 0.05) is 50.9 Å². The van der Waals surface area contributed by atoms with E-state index in [0.717, 1.165) is 62.2 Å². The van der Waals surface area contributed by atoms with Crippen LogP contribution in [-0.2, 0) is 17.5 Å². The highest BCUT2D eigenvalue weighted by Gasteiger charge is 2.36. The normalized spacial score (nSPS) is 20.5. The lowest BCUT2D eigenvalue weighted by atomic mass is 10.0. The van der Waals surface area contributed by atoms with Crippen molar-refractivity contribution in [2.75, 3.05) is 44.7 Å². The molecule has 0 spiro atoms. The summed E-state index contributed by atoms with van der Waals surface area (Å²) in [6.45, 7) is 7.98. The number of ether oxygens (including phenoxy) is 1. The van der Waals surface area contributed by atoms with Crippen LogP contribution >= 0.6 is 0 Å². The molecule has 2 aromatic rings. The second-order valence-electron chi connectivity index (χ2n) is 10.2. The van der Waals surface area contributed by atoms with Gasteiger partial charge >= 0.3 is 6.18 Å². The Labute approximate surface area is 217 Å². The largest absolute Gasteiger partial charge is 0.496 e. The number of rotatable bonds is 8. The van der Waals surface area contributed by atoms with Crippen molar-refractivity contribution in [2.24, 2.45) is 5.92 Å². The molecular formula is C28H37F3N4O2. The molecule has 4 rings (SSSR count). The van der Waals surface area contributed by atoms with Crippen LogP contribution < -0.4 is 9.64 Å². The van der Waals surface area contributed by atoms with Crippen molar-refractivity contribution < 1.29 is 22.7 Å². The van der Waals surface area contributed by atoms with Gasteiger partial charge in [-0.25, -0.2) is 4.98 Å². The number of pyridine rings is 1. The molecule has 1 saturated heterocycles. The first-order valence-electron chi connectivity index (χ1n) is 13.1. The standard InChI is InChI=1S/C28H37F3N4O2/c1-4-11-35(19-21-6-5-20(2)25(16-21)37-3)24-8-7-22(17-24)27(36)34-14-12-33(13-15-34)26-18-23(9-10-32-26)28(29,30)31/h5-6,9-10,16,18,22,24H,4,7-8,11-15,17,19H2,1-3H3. The number of halogens is 3. The van der Waals surface area contributed by atoms with Crippen molar-refractivity contribution in [2.45, 2.75) is 58.3 Å². The highest BCUT2D eigenvalue weighted by molar-refractivity contribution is 5.79. The van der Waals surface area contributed by atoms with Crippen LogP contribution in [0.5, 0.6) is 5.75 Å². The average Bonchev–Trinajstić information content (AvgIpc) is 3.39. The van der Waals surface area contributed by atoms with Crippen molar-refractivity contribution in [1.82, 2.24) is 14.8 Å². The molecule has 2 fully saturated rings. The maximum Gasteiger partial charge on any atom is 0.416 e. The highest BCUT2D eigenvalue weighted by atomic mass is 19.4. The lowest BCUT2D eigenvalue weighted by Crippen LogP contribution is -2.50. The van der Waals surface area contributed by atoms with Gasteiger partial charge < -0.3 is 14.5 Å². The van der Waals surface area contributed by atoms with E-state index in [-0.39, 0.29) is 11.8 Å². The first-order chi connectivity index (χ1) is 17.7. The lowest BCUT2D eigenvalue weighted by molar-refractivity contribution is -0.137. The van der Waals surface area contributed by atoms with Crippen molar-refractivity contribution in [1.29, 1.82) is 0 Å². The number of nitrogens with zero attached hydrogens (tertiary/aromatic N) is 4. The van der Waals surface area contributed by atoms with Gasteiger partial charge in [0.05, 0.1) is 12.7 Å². The topological polar surface area (TPSA) is 48.9 Å². The second kappa shape index (κ2) is 11.7. The molecule has 9 heteroatoms. The van der Waals surface area contributed by atoms with E-state index in [2.05, 4.69) is 35.0 Å². The molecule has 1 amide bonds. The Morgan fingerprint density at radius 3 is 2.57 bits per heavy atom. The maximum atomic E-state index is 13.3. The van der Waals surface area contributed by atoms with Gasteiger partial charge in [-0.1, -0.05) is 19.1 Å². The van der Waals surface area contributed by atoms with Gasteiger partial charge in [-0.05, 0) is 68.5 Å². The zero-order valence-corrected chi connectivity index (χ0v) is 21.9. The molecular weight excluding hydrogens is 481 g/mol. The first kappa shape index (κ1) is 27.2. The summed E-state index contributed by atoms with van der Waals surface area (Å²) in [7, 11) is 1.69. The molecule has 1 aromatic heterocycles. The fraction of sp³-hybridized carbons (Fsp3) is 0.571. The minimum atomic E-state index is -4.40. The zero-order valence-electron chi connectivity index (χ0n) is 21.9. The molecule has 1 aromatic carbocycles. The van der Waals surface area contributed by atoms with E-state index >= 15 is 0 Å². The number of anilines is 1. The number of hydrogen-bond acceptors (Lipinski definition) is 5. The van der Waals surface area contributed by atoms with E-state index in [1.807, 2.05) is 16.7 Å². The molecule has 1 aliphatic carbocycles. The number of benzene rings is 1. The summed E-state index contributed by atoms with van der Waals surface area (Å²) in [5.74, 6) is 1.38. The summed E-state index contributed by atoms with van der Waals surface area (Å²) in [6, 6.07) is 8.78. The number of aromatic nitrogens is 1. The van der Waals surface area contributed by atoms with Crippen molar-refractivity contribution in [3.8, 4) is 5.75 Å². The third-order valence-corrected chi connectivity index (χ3v) is 7.63. The number of aryl methyl sites for hydroxylation is 1. The molecule has 1 saturated carbocycles. The Morgan fingerprint density at radius 1 is 1.14 bits per heavy atom.